The highest BCUT2D eigenvalue weighted by atomic mass is 16.1. The number of unbranched alkanes of at least 4 members (excludes halogenated alkanes) is 1. The van der Waals surface area contributed by atoms with Gasteiger partial charge in [0.15, 0.2) is 5.96 Å². The molecule has 1 unspecified atom stereocenters. The van der Waals surface area contributed by atoms with E-state index in [2.05, 4.69) is 5.32 Å². The molecule has 0 aromatic carbocycles. The fraction of sp³-hybridized carbons (Fsp3) is 0.714. The molecule has 0 saturated heterocycles. The van der Waals surface area contributed by atoms with E-state index in [4.69, 9.17) is 16.9 Å². The number of rotatable bonds is 6. The Morgan fingerprint density at radius 1 is 1.58 bits per heavy atom. The minimum atomic E-state index is -0.470. The second kappa shape index (κ2) is 6.60. The summed E-state index contributed by atoms with van der Waals surface area (Å²) in [5, 5.41) is 9.49. The molecule has 0 aliphatic carbocycles. The maximum absolute atomic E-state index is 9.96. The van der Waals surface area contributed by atoms with Gasteiger partial charge < -0.3 is 16.8 Å². The lowest BCUT2D eigenvalue weighted by molar-refractivity contribution is 0.528. The maximum atomic E-state index is 9.96. The van der Waals surface area contributed by atoms with Crippen LogP contribution in [-0.2, 0) is 4.79 Å². The average Bonchev–Trinajstić information content (AvgIpc) is 2.03. The van der Waals surface area contributed by atoms with Crippen LogP contribution in [0, 0.1) is 5.41 Å². The molecule has 69 valence electrons. The molecule has 0 bridgehead atoms. The quantitative estimate of drug-likeness (QED) is 0.235. The van der Waals surface area contributed by atoms with E-state index < -0.39 is 6.04 Å². The Labute approximate surface area is 72.0 Å². The van der Waals surface area contributed by atoms with Crippen molar-refractivity contribution >= 4 is 12.2 Å². The van der Waals surface area contributed by atoms with E-state index in [1.165, 1.54) is 0 Å². The molecule has 0 aliphatic rings. The summed E-state index contributed by atoms with van der Waals surface area (Å²) in [5.74, 6) is -0.0266. The van der Waals surface area contributed by atoms with E-state index in [1.807, 2.05) is 0 Å². The molecule has 0 saturated carbocycles. The van der Waals surface area contributed by atoms with Crippen molar-refractivity contribution in [2.45, 2.75) is 25.3 Å². The van der Waals surface area contributed by atoms with Gasteiger partial charge in [-0.2, -0.15) is 0 Å². The normalized spacial score (nSPS) is 12.1. The number of guanidine groups is 1. The van der Waals surface area contributed by atoms with Gasteiger partial charge in [0.1, 0.15) is 0 Å². The monoisotopic (exact) mass is 171 g/mol. The van der Waals surface area contributed by atoms with E-state index in [0.717, 1.165) is 12.8 Å². The number of carbonyl (C=O) groups excluding carboxylic acids is 1. The van der Waals surface area contributed by atoms with Crippen molar-refractivity contribution in [2.75, 3.05) is 6.54 Å². The Morgan fingerprint density at radius 3 is 2.75 bits per heavy atom. The van der Waals surface area contributed by atoms with Crippen LogP contribution in [0.15, 0.2) is 0 Å². The molecule has 6 N–H and O–H groups in total. The van der Waals surface area contributed by atoms with Crippen LogP contribution in [0.5, 0.6) is 0 Å². The van der Waals surface area contributed by atoms with Crippen LogP contribution in [0.3, 0.4) is 0 Å². The van der Waals surface area contributed by atoms with E-state index in [-0.39, 0.29) is 5.96 Å². The molecule has 0 amide bonds. The summed E-state index contributed by atoms with van der Waals surface area (Å²) in [6.07, 6.45) is 4.05. The van der Waals surface area contributed by atoms with Crippen LogP contribution >= 0.6 is 0 Å². The van der Waals surface area contributed by atoms with Crippen LogP contribution in [0.25, 0.3) is 0 Å². The predicted molar refractivity (Wildman–Crippen MR) is 47.4 cm³/mol. The lowest BCUT2D eigenvalue weighted by atomic mass is 10.1. The molecule has 0 aromatic heterocycles. The Hall–Kier alpha value is -1.10. The van der Waals surface area contributed by atoms with E-state index in [9.17, 15) is 4.79 Å². The molecule has 1 radical (unpaired) electrons. The summed E-state index contributed by atoms with van der Waals surface area (Å²) >= 11 is 0. The summed E-state index contributed by atoms with van der Waals surface area (Å²) in [7, 11) is 0. The van der Waals surface area contributed by atoms with E-state index >= 15 is 0 Å². The van der Waals surface area contributed by atoms with Crippen LogP contribution in [-0.4, -0.2) is 24.8 Å². The molecule has 12 heavy (non-hydrogen) atoms. The number of hydrogen-bond acceptors (Lipinski definition) is 3. The van der Waals surface area contributed by atoms with Crippen LogP contribution in [0.2, 0.25) is 0 Å². The van der Waals surface area contributed by atoms with Gasteiger partial charge in [-0.25, -0.2) is 0 Å². The van der Waals surface area contributed by atoms with Crippen molar-refractivity contribution in [3.63, 3.8) is 0 Å². The minimum Gasteiger partial charge on any atom is -0.370 e. The average molecular weight is 171 g/mol. The van der Waals surface area contributed by atoms with Crippen molar-refractivity contribution in [1.29, 1.82) is 5.41 Å². The molecule has 5 heteroatoms. The Kier molecular flexibility index (Phi) is 6.00. The van der Waals surface area contributed by atoms with E-state index in [0.29, 0.717) is 13.0 Å². The first-order valence-electron chi connectivity index (χ1n) is 3.88. The lowest BCUT2D eigenvalue weighted by Crippen LogP contribution is -2.31. The Balaban J connectivity index is 3.10. The van der Waals surface area contributed by atoms with Crippen LogP contribution < -0.4 is 16.8 Å². The molecule has 0 aromatic rings. The number of hydrogen-bond donors (Lipinski definition) is 4. The first-order chi connectivity index (χ1) is 5.66. The number of nitrogens with two attached hydrogens (primary N) is 2. The maximum Gasteiger partial charge on any atom is 0.216 e. The summed E-state index contributed by atoms with van der Waals surface area (Å²) < 4.78 is 0. The summed E-state index contributed by atoms with van der Waals surface area (Å²) in [5.41, 5.74) is 10.3. The molecular weight excluding hydrogens is 156 g/mol. The third-order valence-corrected chi connectivity index (χ3v) is 1.41. The smallest absolute Gasteiger partial charge is 0.216 e. The highest BCUT2D eigenvalue weighted by molar-refractivity contribution is 5.74. The zero-order chi connectivity index (χ0) is 9.40. The fourth-order valence-electron chi connectivity index (χ4n) is 0.771. The SMILES string of the molecule is N=C(N)NCCCCC(N)[C]=O. The van der Waals surface area contributed by atoms with Gasteiger partial charge in [-0.05, 0) is 19.3 Å². The van der Waals surface area contributed by atoms with Crippen LogP contribution in [0.4, 0.5) is 0 Å². The van der Waals surface area contributed by atoms with Gasteiger partial charge in [0, 0.05) is 6.54 Å². The lowest BCUT2D eigenvalue weighted by Gasteiger charge is -2.04. The molecule has 5 nitrogen and oxygen atoms in total. The summed E-state index contributed by atoms with van der Waals surface area (Å²) in [6.45, 7) is 0.654. The van der Waals surface area contributed by atoms with Crippen molar-refractivity contribution in [3.8, 4) is 0 Å². The van der Waals surface area contributed by atoms with Crippen LogP contribution in [0.1, 0.15) is 19.3 Å². The molecular formula is C7H15N4O. The molecule has 0 rings (SSSR count). The molecule has 0 heterocycles. The second-order valence-corrected chi connectivity index (χ2v) is 2.56. The van der Waals surface area contributed by atoms with E-state index in [1.54, 1.807) is 6.29 Å². The van der Waals surface area contributed by atoms with Gasteiger partial charge in [0.2, 0.25) is 6.29 Å². The molecule has 0 aliphatic heterocycles. The van der Waals surface area contributed by atoms with Gasteiger partial charge >= 0.3 is 0 Å². The third-order valence-electron chi connectivity index (χ3n) is 1.41. The fourth-order valence-corrected chi connectivity index (χ4v) is 0.771. The highest BCUT2D eigenvalue weighted by Crippen LogP contribution is 1.95. The van der Waals surface area contributed by atoms with Crippen molar-refractivity contribution in [1.82, 2.24) is 5.32 Å². The minimum absolute atomic E-state index is 0.0266. The van der Waals surface area contributed by atoms with Gasteiger partial charge in [0.25, 0.3) is 0 Å². The highest BCUT2D eigenvalue weighted by Gasteiger charge is 1.99. The summed E-state index contributed by atoms with van der Waals surface area (Å²) in [4.78, 5) is 9.96. The second-order valence-electron chi connectivity index (χ2n) is 2.56. The van der Waals surface area contributed by atoms with Gasteiger partial charge in [-0.1, -0.05) is 0 Å². The van der Waals surface area contributed by atoms with Gasteiger partial charge in [-0.3, -0.25) is 10.2 Å². The standard InChI is InChI=1S/C7H15N4O/c8-6(5-12)3-1-2-4-11-7(9)10/h6H,1-4,8H2,(H4,9,10,11). The van der Waals surface area contributed by atoms with Crippen molar-refractivity contribution in [3.05, 3.63) is 0 Å². The molecule has 1 atom stereocenters. The zero-order valence-corrected chi connectivity index (χ0v) is 6.97. The predicted octanol–water partition coefficient (Wildman–Crippen LogP) is -0.923. The third kappa shape index (κ3) is 7.01. The number of nitrogens with one attached hydrogen (secondary N) is 2. The molecule has 0 spiro atoms. The molecule has 0 fully saturated rings. The van der Waals surface area contributed by atoms with Gasteiger partial charge in [0.05, 0.1) is 6.04 Å². The Bertz CT molecular complexity index is 148. The van der Waals surface area contributed by atoms with Crippen molar-refractivity contribution < 1.29 is 4.79 Å². The topological polar surface area (TPSA) is 105 Å². The largest absolute Gasteiger partial charge is 0.370 e. The summed E-state index contributed by atoms with van der Waals surface area (Å²) in [6, 6.07) is -0.470. The van der Waals surface area contributed by atoms with Crippen molar-refractivity contribution in [2.24, 2.45) is 11.5 Å². The van der Waals surface area contributed by atoms with Gasteiger partial charge in [-0.15, -0.1) is 0 Å². The Morgan fingerprint density at radius 2 is 2.25 bits per heavy atom. The zero-order valence-electron chi connectivity index (χ0n) is 6.97. The first kappa shape index (κ1) is 10.9. The first-order valence-corrected chi connectivity index (χ1v) is 3.88.